The smallest absolute Gasteiger partial charge is 0.126 e. The van der Waals surface area contributed by atoms with E-state index in [1.54, 1.807) is 13.2 Å². The van der Waals surface area contributed by atoms with Crippen molar-refractivity contribution in [2.75, 3.05) is 13.7 Å². The van der Waals surface area contributed by atoms with Gasteiger partial charge in [-0.15, -0.1) is 0 Å². The van der Waals surface area contributed by atoms with Gasteiger partial charge < -0.3 is 10.1 Å². The monoisotopic (exact) mass is 345 g/mol. The van der Waals surface area contributed by atoms with Crippen molar-refractivity contribution in [2.45, 2.75) is 51.7 Å². The van der Waals surface area contributed by atoms with Crippen LogP contribution in [0.5, 0.6) is 0 Å². The lowest BCUT2D eigenvalue weighted by Gasteiger charge is -2.29. The van der Waals surface area contributed by atoms with Gasteiger partial charge in [0.2, 0.25) is 0 Å². The second-order valence-electron chi connectivity index (χ2n) is 5.76. The molecule has 0 bridgehead atoms. The molecule has 114 valence electrons. The van der Waals surface area contributed by atoms with Gasteiger partial charge in [-0.3, -0.25) is 0 Å². The molecule has 0 fully saturated rings. The molecule has 1 N–H and O–H groups in total. The lowest BCUT2D eigenvalue weighted by atomic mass is 9.93. The number of methoxy groups -OCH3 is 1. The predicted molar refractivity (Wildman–Crippen MR) is 85.6 cm³/mol. The van der Waals surface area contributed by atoms with E-state index in [9.17, 15) is 4.39 Å². The van der Waals surface area contributed by atoms with Crippen molar-refractivity contribution < 1.29 is 9.13 Å². The highest BCUT2D eigenvalue weighted by Crippen LogP contribution is 2.21. The van der Waals surface area contributed by atoms with Gasteiger partial charge >= 0.3 is 0 Å². The lowest BCUT2D eigenvalue weighted by molar-refractivity contribution is 0.00708. The van der Waals surface area contributed by atoms with E-state index in [0.29, 0.717) is 6.42 Å². The number of ether oxygens (including phenoxy) is 1. The van der Waals surface area contributed by atoms with E-state index in [4.69, 9.17) is 4.74 Å². The van der Waals surface area contributed by atoms with Crippen LogP contribution in [0, 0.1) is 5.82 Å². The molecule has 0 aromatic heterocycles. The summed E-state index contributed by atoms with van der Waals surface area (Å²) in [6.07, 6.45) is 2.57. The zero-order valence-corrected chi connectivity index (χ0v) is 14.4. The van der Waals surface area contributed by atoms with Crippen LogP contribution in [0.25, 0.3) is 0 Å². The molecule has 0 saturated carbocycles. The summed E-state index contributed by atoms with van der Waals surface area (Å²) in [6, 6.07) is 5.30. The molecule has 1 unspecified atom stereocenters. The van der Waals surface area contributed by atoms with Crippen LogP contribution in [0.4, 0.5) is 4.39 Å². The molecule has 0 aliphatic heterocycles. The number of nitrogens with one attached hydrogen (secondary N) is 1. The molecule has 1 aromatic carbocycles. The fraction of sp³-hybridized carbons (Fsp3) is 0.625. The lowest BCUT2D eigenvalue weighted by Crippen LogP contribution is -2.39. The van der Waals surface area contributed by atoms with Gasteiger partial charge in [-0.1, -0.05) is 22.9 Å². The van der Waals surface area contributed by atoms with E-state index < -0.39 is 0 Å². The minimum atomic E-state index is -0.214. The molecular formula is C16H25BrFNO. The van der Waals surface area contributed by atoms with Gasteiger partial charge in [0.15, 0.2) is 0 Å². The quantitative estimate of drug-likeness (QED) is 0.757. The van der Waals surface area contributed by atoms with Gasteiger partial charge in [0.1, 0.15) is 5.82 Å². The first kappa shape index (κ1) is 17.6. The second kappa shape index (κ2) is 8.11. The number of benzene rings is 1. The molecule has 0 aliphatic rings. The standard InChI is InChI=1S/C16H25BrFNO/c1-5-8-19-14(11-16(2,3)20-4)10-12-9-13(17)6-7-15(12)18/h6-7,9,14,19H,5,8,10-11H2,1-4H3. The maximum Gasteiger partial charge on any atom is 0.126 e. The summed E-state index contributed by atoms with van der Waals surface area (Å²) in [6.45, 7) is 7.18. The van der Waals surface area contributed by atoms with Crippen molar-refractivity contribution >= 4 is 15.9 Å². The van der Waals surface area contributed by atoms with Crippen molar-refractivity contribution in [3.05, 3.63) is 34.1 Å². The van der Waals surface area contributed by atoms with Gasteiger partial charge in [0, 0.05) is 17.6 Å². The van der Waals surface area contributed by atoms with Gasteiger partial charge in [0.25, 0.3) is 0 Å². The molecule has 1 aromatic rings. The van der Waals surface area contributed by atoms with E-state index in [0.717, 1.165) is 29.4 Å². The van der Waals surface area contributed by atoms with Crippen molar-refractivity contribution in [3.63, 3.8) is 0 Å². The highest BCUT2D eigenvalue weighted by Gasteiger charge is 2.23. The summed E-state index contributed by atoms with van der Waals surface area (Å²) in [5.41, 5.74) is 0.522. The van der Waals surface area contributed by atoms with Crippen LogP contribution in [0.1, 0.15) is 39.2 Å². The number of hydrogen-bond acceptors (Lipinski definition) is 2. The Balaban J connectivity index is 2.80. The second-order valence-corrected chi connectivity index (χ2v) is 6.67. The average molecular weight is 346 g/mol. The van der Waals surface area contributed by atoms with Crippen LogP contribution in [0.2, 0.25) is 0 Å². The summed E-state index contributed by atoms with van der Waals surface area (Å²) < 4.78 is 20.3. The molecule has 0 heterocycles. The van der Waals surface area contributed by atoms with Crippen molar-refractivity contribution in [1.82, 2.24) is 5.32 Å². The third kappa shape index (κ3) is 5.90. The Hall–Kier alpha value is -0.450. The molecular weight excluding hydrogens is 321 g/mol. The van der Waals surface area contributed by atoms with Crippen molar-refractivity contribution in [2.24, 2.45) is 0 Å². The van der Waals surface area contributed by atoms with Crippen LogP contribution in [0.3, 0.4) is 0 Å². The summed E-state index contributed by atoms with van der Waals surface area (Å²) in [5, 5.41) is 3.49. The molecule has 1 rings (SSSR count). The van der Waals surface area contributed by atoms with Crippen LogP contribution in [-0.4, -0.2) is 25.3 Å². The molecule has 4 heteroatoms. The minimum Gasteiger partial charge on any atom is -0.379 e. The molecule has 0 amide bonds. The van der Waals surface area contributed by atoms with Gasteiger partial charge in [-0.25, -0.2) is 4.39 Å². The van der Waals surface area contributed by atoms with E-state index in [2.05, 4.69) is 42.0 Å². The highest BCUT2D eigenvalue weighted by atomic mass is 79.9. The average Bonchev–Trinajstić information content (AvgIpc) is 2.40. The Morgan fingerprint density at radius 3 is 2.70 bits per heavy atom. The molecule has 20 heavy (non-hydrogen) atoms. The third-order valence-corrected chi connectivity index (χ3v) is 3.94. The number of rotatable bonds is 8. The number of halogens is 2. The predicted octanol–water partition coefficient (Wildman–Crippen LogP) is 4.31. The van der Waals surface area contributed by atoms with Crippen LogP contribution >= 0.6 is 15.9 Å². The van der Waals surface area contributed by atoms with Gasteiger partial charge in [-0.05, 0) is 63.4 Å². The summed E-state index contributed by atoms with van der Waals surface area (Å²) in [7, 11) is 1.72. The Bertz CT molecular complexity index is 423. The van der Waals surface area contributed by atoms with Crippen LogP contribution < -0.4 is 5.32 Å². The normalized spacial score (nSPS) is 13.5. The van der Waals surface area contributed by atoms with E-state index in [1.807, 2.05) is 6.07 Å². The van der Waals surface area contributed by atoms with Gasteiger partial charge in [0.05, 0.1) is 5.60 Å². The Labute approximate surface area is 130 Å². The maximum absolute atomic E-state index is 13.9. The van der Waals surface area contributed by atoms with Crippen molar-refractivity contribution in [1.29, 1.82) is 0 Å². The third-order valence-electron chi connectivity index (χ3n) is 3.45. The molecule has 1 atom stereocenters. The maximum atomic E-state index is 13.9. The van der Waals surface area contributed by atoms with Crippen LogP contribution in [-0.2, 0) is 11.2 Å². The molecule has 0 spiro atoms. The molecule has 2 nitrogen and oxygen atoms in total. The van der Waals surface area contributed by atoms with Crippen LogP contribution in [0.15, 0.2) is 22.7 Å². The van der Waals surface area contributed by atoms with E-state index in [1.165, 1.54) is 6.07 Å². The first-order chi connectivity index (χ1) is 9.38. The molecule has 0 aliphatic carbocycles. The largest absolute Gasteiger partial charge is 0.379 e. The van der Waals surface area contributed by atoms with E-state index >= 15 is 0 Å². The van der Waals surface area contributed by atoms with Gasteiger partial charge in [-0.2, -0.15) is 0 Å². The highest BCUT2D eigenvalue weighted by molar-refractivity contribution is 9.10. The summed E-state index contributed by atoms with van der Waals surface area (Å²) in [4.78, 5) is 0. The minimum absolute atomic E-state index is 0.147. The number of hydrogen-bond donors (Lipinski definition) is 1. The topological polar surface area (TPSA) is 21.3 Å². The fourth-order valence-corrected chi connectivity index (χ4v) is 2.62. The first-order valence-electron chi connectivity index (χ1n) is 7.10. The first-order valence-corrected chi connectivity index (χ1v) is 7.89. The molecule has 0 saturated heterocycles. The fourth-order valence-electron chi connectivity index (χ4n) is 2.21. The molecule has 0 radical (unpaired) electrons. The van der Waals surface area contributed by atoms with Crippen molar-refractivity contribution in [3.8, 4) is 0 Å². The summed E-state index contributed by atoms with van der Waals surface area (Å²) in [5.74, 6) is -0.147. The summed E-state index contributed by atoms with van der Waals surface area (Å²) >= 11 is 3.40. The Morgan fingerprint density at radius 2 is 2.10 bits per heavy atom. The zero-order valence-electron chi connectivity index (χ0n) is 12.8. The SMILES string of the molecule is CCCNC(Cc1cc(Br)ccc1F)CC(C)(C)OC. The Kier molecular flexibility index (Phi) is 7.13. The Morgan fingerprint density at radius 1 is 1.40 bits per heavy atom. The van der Waals surface area contributed by atoms with E-state index in [-0.39, 0.29) is 17.5 Å². The zero-order chi connectivity index (χ0) is 15.2.